The average molecular weight is 782 g/mol. The van der Waals surface area contributed by atoms with E-state index in [4.69, 9.17) is 37.4 Å². The van der Waals surface area contributed by atoms with E-state index in [0.29, 0.717) is 42.9 Å². The fraction of sp³-hybridized carbons (Fsp3) is 0.342. The van der Waals surface area contributed by atoms with E-state index in [-0.39, 0.29) is 75.3 Å². The molecule has 0 radical (unpaired) electrons. The molecule has 0 saturated carbocycles. The Morgan fingerprint density at radius 3 is 2.22 bits per heavy atom. The van der Waals surface area contributed by atoms with E-state index in [9.17, 15) is 19.2 Å². The third-order valence-corrected chi connectivity index (χ3v) is 10.4. The van der Waals surface area contributed by atoms with Gasteiger partial charge in [-0.05, 0) is 56.1 Å². The zero-order valence-electron chi connectivity index (χ0n) is 29.8. The minimum absolute atomic E-state index is 0.0118. The Morgan fingerprint density at radius 2 is 1.57 bits per heavy atom. The van der Waals surface area contributed by atoms with Crippen molar-refractivity contribution in [3.63, 3.8) is 0 Å². The highest BCUT2D eigenvalue weighted by Crippen LogP contribution is 2.40. The summed E-state index contributed by atoms with van der Waals surface area (Å²) in [4.78, 5) is 52.4. The molecule has 0 bridgehead atoms. The maximum absolute atomic E-state index is 15.5. The number of likely N-dealkylation sites (tertiary alicyclic amines) is 1. The summed E-state index contributed by atoms with van der Waals surface area (Å²) in [6, 6.07) is 14.2. The number of ether oxygens (including phenoxy) is 3. The first-order valence-electron chi connectivity index (χ1n) is 17.3. The van der Waals surface area contributed by atoms with Crippen molar-refractivity contribution in [2.45, 2.75) is 38.4 Å². The summed E-state index contributed by atoms with van der Waals surface area (Å²) in [5.41, 5.74) is 2.78. The lowest BCUT2D eigenvalue weighted by Gasteiger charge is -2.24. The van der Waals surface area contributed by atoms with Gasteiger partial charge in [-0.25, -0.2) is 4.39 Å². The molecule has 3 N–H and O–H groups in total. The highest BCUT2D eigenvalue weighted by molar-refractivity contribution is 6.40. The lowest BCUT2D eigenvalue weighted by atomic mass is 10.0. The number of hydrogen-bond donors (Lipinski definition) is 3. The van der Waals surface area contributed by atoms with Gasteiger partial charge in [-0.3, -0.25) is 34.1 Å². The molecule has 54 heavy (non-hydrogen) atoms. The van der Waals surface area contributed by atoms with Crippen LogP contribution in [0.2, 0.25) is 10.0 Å². The first-order chi connectivity index (χ1) is 26.0. The second kappa shape index (κ2) is 17.0. The van der Waals surface area contributed by atoms with Crippen molar-refractivity contribution in [1.29, 1.82) is 0 Å². The minimum atomic E-state index is -0.628. The van der Waals surface area contributed by atoms with Crippen LogP contribution in [0.4, 0.5) is 15.8 Å². The number of esters is 2. The molecule has 2 aliphatic heterocycles. The van der Waals surface area contributed by atoms with Crippen LogP contribution in [0.25, 0.3) is 11.1 Å². The van der Waals surface area contributed by atoms with Crippen molar-refractivity contribution in [2.75, 3.05) is 51.6 Å². The number of aryl methyl sites for hydroxylation is 1. The van der Waals surface area contributed by atoms with Crippen molar-refractivity contribution in [2.24, 2.45) is 5.92 Å². The third-order valence-electron chi connectivity index (χ3n) is 9.59. The number of nitrogens with one attached hydrogen (secondary N) is 3. The first-order valence-corrected chi connectivity index (χ1v) is 18.0. The van der Waals surface area contributed by atoms with Crippen LogP contribution in [-0.4, -0.2) is 79.4 Å². The van der Waals surface area contributed by atoms with Crippen molar-refractivity contribution < 1.29 is 37.8 Å². The van der Waals surface area contributed by atoms with Gasteiger partial charge in [0.15, 0.2) is 5.69 Å². The summed E-state index contributed by atoms with van der Waals surface area (Å²) in [6.45, 7) is 1.87. The Balaban J connectivity index is 1.16. The molecule has 1 fully saturated rings. The van der Waals surface area contributed by atoms with Gasteiger partial charge in [-0.1, -0.05) is 47.5 Å². The van der Waals surface area contributed by atoms with Crippen molar-refractivity contribution >= 4 is 58.3 Å². The fourth-order valence-corrected chi connectivity index (χ4v) is 7.32. The summed E-state index contributed by atoms with van der Waals surface area (Å²) >= 11 is 13.7. The van der Waals surface area contributed by atoms with Crippen LogP contribution < -0.4 is 20.7 Å². The summed E-state index contributed by atoms with van der Waals surface area (Å²) in [5, 5.41) is 13.6. The van der Waals surface area contributed by atoms with E-state index in [1.807, 2.05) is 4.90 Å². The van der Waals surface area contributed by atoms with Gasteiger partial charge in [0.05, 0.1) is 60.9 Å². The van der Waals surface area contributed by atoms with Gasteiger partial charge in [-0.2, -0.15) is 5.10 Å². The summed E-state index contributed by atoms with van der Waals surface area (Å²) in [6.07, 6.45) is 2.20. The van der Waals surface area contributed by atoms with Crippen LogP contribution in [0, 0.1) is 11.7 Å². The van der Waals surface area contributed by atoms with E-state index in [0.717, 1.165) is 24.6 Å². The van der Waals surface area contributed by atoms with Gasteiger partial charge in [0, 0.05) is 47.9 Å². The number of aromatic nitrogens is 2. The summed E-state index contributed by atoms with van der Waals surface area (Å²) in [7, 11) is 4.06. The van der Waals surface area contributed by atoms with E-state index < -0.39 is 17.6 Å². The Morgan fingerprint density at radius 1 is 0.889 bits per heavy atom. The average Bonchev–Trinajstić information content (AvgIpc) is 3.84. The standard InChI is InChI=1S/C38H39Cl2FN6O7/c1-52-32-16-22(15-26(41)25(32)20-46-14-12-21(19-46)38(51)54-3)36(49)43-28-9-4-7-23(34(28)39)24-8-5-10-29(35(24)40)44-37(50)30-17-31-27(42-18-33(48)53-2)11-6-13-47(31)45-30/h4-5,7-10,15-17,21,27,42H,6,11-14,18-20H2,1-3H3,(H,43,49)(H,44,50)/t21-,27?/m1/s1. The molecule has 2 aliphatic rings. The molecule has 2 atom stereocenters. The first kappa shape index (κ1) is 38.7. The predicted molar refractivity (Wildman–Crippen MR) is 200 cm³/mol. The highest BCUT2D eigenvalue weighted by Gasteiger charge is 2.31. The predicted octanol–water partition coefficient (Wildman–Crippen LogP) is 6.10. The van der Waals surface area contributed by atoms with Crippen LogP contribution >= 0.6 is 23.2 Å². The Labute approximate surface area is 321 Å². The number of halogens is 3. The number of carbonyl (C=O) groups excluding carboxylic acids is 4. The van der Waals surface area contributed by atoms with Crippen molar-refractivity contribution in [1.82, 2.24) is 20.0 Å². The second-order valence-corrected chi connectivity index (χ2v) is 13.7. The number of benzene rings is 3. The molecule has 6 rings (SSSR count). The van der Waals surface area contributed by atoms with Crippen LogP contribution in [0.1, 0.15) is 57.4 Å². The van der Waals surface area contributed by atoms with Crippen LogP contribution in [0.3, 0.4) is 0 Å². The molecule has 13 nitrogen and oxygen atoms in total. The van der Waals surface area contributed by atoms with Gasteiger partial charge < -0.3 is 24.8 Å². The van der Waals surface area contributed by atoms with Gasteiger partial charge in [0.25, 0.3) is 11.8 Å². The molecule has 0 aliphatic carbocycles. The van der Waals surface area contributed by atoms with Gasteiger partial charge in [0.1, 0.15) is 11.6 Å². The monoisotopic (exact) mass is 780 g/mol. The number of anilines is 2. The third kappa shape index (κ3) is 8.36. The Kier molecular flexibility index (Phi) is 12.2. The normalized spacial score (nSPS) is 16.7. The number of methoxy groups -OCH3 is 3. The van der Waals surface area contributed by atoms with E-state index >= 15 is 4.39 Å². The number of hydrogen-bond acceptors (Lipinski definition) is 10. The smallest absolute Gasteiger partial charge is 0.319 e. The molecular formula is C38H39Cl2FN6O7. The van der Waals surface area contributed by atoms with Crippen LogP contribution in [-0.2, 0) is 32.2 Å². The molecule has 1 unspecified atom stereocenters. The summed E-state index contributed by atoms with van der Waals surface area (Å²) < 4.78 is 32.3. The molecule has 16 heteroatoms. The lowest BCUT2D eigenvalue weighted by molar-refractivity contribution is -0.145. The number of rotatable bonds is 12. The van der Waals surface area contributed by atoms with E-state index in [1.165, 1.54) is 27.4 Å². The lowest BCUT2D eigenvalue weighted by Crippen LogP contribution is -2.32. The van der Waals surface area contributed by atoms with Crippen LogP contribution in [0.5, 0.6) is 5.75 Å². The zero-order valence-corrected chi connectivity index (χ0v) is 31.4. The fourth-order valence-electron chi connectivity index (χ4n) is 6.77. The number of nitrogens with zero attached hydrogens (tertiary/aromatic N) is 3. The second-order valence-electron chi connectivity index (χ2n) is 13.0. The molecule has 284 valence electrons. The number of amides is 2. The molecule has 4 aromatic rings. The molecule has 2 amide bonds. The minimum Gasteiger partial charge on any atom is -0.496 e. The number of carbonyl (C=O) groups is 4. The van der Waals surface area contributed by atoms with Gasteiger partial charge in [0.2, 0.25) is 0 Å². The quantitative estimate of drug-likeness (QED) is 0.144. The van der Waals surface area contributed by atoms with E-state index in [2.05, 4.69) is 21.0 Å². The molecule has 3 aromatic carbocycles. The SMILES string of the molecule is COC(=O)CNC1CCCn2nc(C(=O)Nc3cccc(-c4cccc(NC(=O)c5cc(F)c(CN6CC[C@@H](C(=O)OC)C6)c(OC)c5)c4Cl)c3Cl)cc21. The Hall–Kier alpha value is -5.02. The van der Waals surface area contributed by atoms with Crippen molar-refractivity contribution in [3.05, 3.63) is 93.0 Å². The topological polar surface area (TPSA) is 153 Å². The van der Waals surface area contributed by atoms with Crippen LogP contribution in [0.15, 0.2) is 54.6 Å². The highest BCUT2D eigenvalue weighted by atomic mass is 35.5. The molecule has 1 aromatic heterocycles. The molecule has 3 heterocycles. The van der Waals surface area contributed by atoms with Gasteiger partial charge >= 0.3 is 11.9 Å². The van der Waals surface area contributed by atoms with Gasteiger partial charge in [-0.15, -0.1) is 0 Å². The maximum Gasteiger partial charge on any atom is 0.319 e. The largest absolute Gasteiger partial charge is 0.496 e. The molecule has 1 saturated heterocycles. The maximum atomic E-state index is 15.5. The number of fused-ring (bicyclic) bond motifs is 1. The van der Waals surface area contributed by atoms with E-state index in [1.54, 1.807) is 47.1 Å². The summed E-state index contributed by atoms with van der Waals surface area (Å²) in [5.74, 6) is -2.50. The molecular weight excluding hydrogens is 742 g/mol. The zero-order chi connectivity index (χ0) is 38.5. The Bertz CT molecular complexity index is 2090. The molecule has 0 spiro atoms. The van der Waals surface area contributed by atoms with Crippen molar-refractivity contribution in [3.8, 4) is 16.9 Å².